The zero-order valence-corrected chi connectivity index (χ0v) is 13.4. The first-order valence-electron chi connectivity index (χ1n) is 7.19. The molecule has 2 amide bonds. The Morgan fingerprint density at radius 3 is 2.45 bits per heavy atom. The van der Waals surface area contributed by atoms with Crippen LogP contribution in [0, 0.1) is 20.8 Å². The van der Waals surface area contributed by atoms with Crippen LogP contribution in [0.5, 0.6) is 0 Å². The lowest BCUT2D eigenvalue weighted by Crippen LogP contribution is -2.33. The van der Waals surface area contributed by atoms with Gasteiger partial charge in [-0.2, -0.15) is 0 Å². The first-order chi connectivity index (χ1) is 10.4. The van der Waals surface area contributed by atoms with Crippen LogP contribution < -0.4 is 5.32 Å². The summed E-state index contributed by atoms with van der Waals surface area (Å²) in [4.78, 5) is 13.3. The second-order valence-electron chi connectivity index (χ2n) is 5.50. The summed E-state index contributed by atoms with van der Waals surface area (Å²) in [6, 6.07) is 7.74. The number of aryl methyl sites for hydroxylation is 3. The lowest BCUT2D eigenvalue weighted by Gasteiger charge is -2.15. The number of carbonyl (C=O) groups is 1. The lowest BCUT2D eigenvalue weighted by molar-refractivity contribution is 0.202. The maximum absolute atomic E-state index is 11.9. The molecule has 0 spiro atoms. The van der Waals surface area contributed by atoms with Crippen molar-refractivity contribution in [3.63, 3.8) is 0 Å². The predicted octanol–water partition coefficient (Wildman–Crippen LogP) is 2.25. The third-order valence-electron chi connectivity index (χ3n) is 3.36. The molecular weight excluding hydrogens is 280 g/mol. The van der Waals surface area contributed by atoms with Gasteiger partial charge >= 0.3 is 6.03 Å². The van der Waals surface area contributed by atoms with Crippen molar-refractivity contribution in [2.75, 3.05) is 25.5 Å². The molecule has 1 aromatic heterocycles. The first kappa shape index (κ1) is 16.0. The fourth-order valence-electron chi connectivity index (χ4n) is 2.33. The van der Waals surface area contributed by atoms with E-state index < -0.39 is 0 Å². The summed E-state index contributed by atoms with van der Waals surface area (Å²) in [7, 11) is 1.62. The zero-order valence-electron chi connectivity index (χ0n) is 13.4. The Morgan fingerprint density at radius 2 is 1.86 bits per heavy atom. The predicted molar refractivity (Wildman–Crippen MR) is 86.5 cm³/mol. The van der Waals surface area contributed by atoms with E-state index in [4.69, 9.17) is 5.11 Å². The molecule has 6 nitrogen and oxygen atoms in total. The van der Waals surface area contributed by atoms with E-state index in [0.717, 1.165) is 22.5 Å². The molecular formula is C16H22N4O2. The number of aliphatic hydroxyl groups excluding tert-OH is 1. The summed E-state index contributed by atoms with van der Waals surface area (Å²) < 4.78 is 1.81. The summed E-state index contributed by atoms with van der Waals surface area (Å²) >= 11 is 0. The molecule has 0 aliphatic carbocycles. The molecule has 2 rings (SSSR count). The van der Waals surface area contributed by atoms with E-state index in [1.807, 2.05) is 31.5 Å². The average Bonchev–Trinajstić information content (AvgIpc) is 2.78. The van der Waals surface area contributed by atoms with Gasteiger partial charge < -0.3 is 10.0 Å². The summed E-state index contributed by atoms with van der Waals surface area (Å²) in [5.41, 5.74) is 4.24. The minimum absolute atomic E-state index is 0.0695. The van der Waals surface area contributed by atoms with Crippen LogP contribution in [-0.4, -0.2) is 46.0 Å². The Kier molecular flexibility index (Phi) is 4.82. The Bertz CT molecular complexity index is 659. The summed E-state index contributed by atoms with van der Waals surface area (Å²) in [5, 5.41) is 16.0. The number of nitrogens with one attached hydrogen (secondary N) is 1. The van der Waals surface area contributed by atoms with Gasteiger partial charge in [-0.25, -0.2) is 9.48 Å². The molecule has 22 heavy (non-hydrogen) atoms. The number of urea groups is 1. The topological polar surface area (TPSA) is 70.4 Å². The van der Waals surface area contributed by atoms with Crippen LogP contribution in [0.3, 0.4) is 0 Å². The van der Waals surface area contributed by atoms with Crippen LogP contribution in [0.4, 0.5) is 10.6 Å². The molecule has 0 bridgehead atoms. The van der Waals surface area contributed by atoms with Gasteiger partial charge in [0.2, 0.25) is 0 Å². The molecule has 2 N–H and O–H groups in total. The van der Waals surface area contributed by atoms with Gasteiger partial charge in [0.05, 0.1) is 12.3 Å². The molecule has 0 saturated heterocycles. The van der Waals surface area contributed by atoms with Gasteiger partial charge in [0.15, 0.2) is 5.82 Å². The van der Waals surface area contributed by atoms with E-state index in [0.29, 0.717) is 5.82 Å². The third-order valence-corrected chi connectivity index (χ3v) is 3.36. The maximum Gasteiger partial charge on any atom is 0.322 e. The summed E-state index contributed by atoms with van der Waals surface area (Å²) in [6.07, 6.45) is 0. The van der Waals surface area contributed by atoms with Gasteiger partial charge in [-0.1, -0.05) is 6.07 Å². The highest BCUT2D eigenvalue weighted by atomic mass is 16.3. The second-order valence-corrected chi connectivity index (χ2v) is 5.50. The number of carbonyl (C=O) groups excluding carboxylic acids is 1. The fourth-order valence-corrected chi connectivity index (χ4v) is 2.33. The lowest BCUT2D eigenvalue weighted by atomic mass is 10.1. The number of amides is 2. The van der Waals surface area contributed by atoms with E-state index >= 15 is 0 Å². The quantitative estimate of drug-likeness (QED) is 0.910. The molecule has 118 valence electrons. The number of hydrogen-bond acceptors (Lipinski definition) is 3. The largest absolute Gasteiger partial charge is 0.395 e. The minimum Gasteiger partial charge on any atom is -0.395 e. The highest BCUT2D eigenvalue weighted by Crippen LogP contribution is 2.18. The highest BCUT2D eigenvalue weighted by Gasteiger charge is 2.12. The highest BCUT2D eigenvalue weighted by molar-refractivity contribution is 5.88. The third kappa shape index (κ3) is 3.65. The normalized spacial score (nSPS) is 10.6. The van der Waals surface area contributed by atoms with Crippen LogP contribution in [-0.2, 0) is 0 Å². The molecule has 0 atom stereocenters. The van der Waals surface area contributed by atoms with Crippen molar-refractivity contribution in [3.8, 4) is 5.69 Å². The first-order valence-corrected chi connectivity index (χ1v) is 7.19. The van der Waals surface area contributed by atoms with Crippen molar-refractivity contribution in [1.29, 1.82) is 0 Å². The van der Waals surface area contributed by atoms with E-state index in [-0.39, 0.29) is 19.2 Å². The van der Waals surface area contributed by atoms with Gasteiger partial charge in [-0.15, -0.1) is 5.10 Å². The fraction of sp³-hybridized carbons (Fsp3) is 0.375. The molecule has 0 aliphatic rings. The molecule has 0 saturated carbocycles. The molecule has 0 fully saturated rings. The Labute approximate surface area is 130 Å². The number of aromatic nitrogens is 2. The van der Waals surface area contributed by atoms with Crippen molar-refractivity contribution < 1.29 is 9.90 Å². The van der Waals surface area contributed by atoms with Gasteiger partial charge in [-0.05, 0) is 44.0 Å². The second kappa shape index (κ2) is 6.62. The van der Waals surface area contributed by atoms with Crippen LogP contribution in [0.1, 0.15) is 16.8 Å². The maximum atomic E-state index is 11.9. The van der Waals surface area contributed by atoms with Crippen LogP contribution in [0.2, 0.25) is 0 Å². The minimum atomic E-state index is -0.292. The van der Waals surface area contributed by atoms with Gasteiger partial charge in [0, 0.05) is 25.4 Å². The average molecular weight is 302 g/mol. The number of benzene rings is 1. The summed E-state index contributed by atoms with van der Waals surface area (Å²) in [5.74, 6) is 0.492. The van der Waals surface area contributed by atoms with Gasteiger partial charge in [0.1, 0.15) is 0 Å². The van der Waals surface area contributed by atoms with Crippen molar-refractivity contribution in [1.82, 2.24) is 14.7 Å². The molecule has 1 heterocycles. The number of likely N-dealkylation sites (N-methyl/N-ethyl adjacent to an activating group) is 1. The van der Waals surface area contributed by atoms with E-state index in [1.54, 1.807) is 7.05 Å². The Morgan fingerprint density at radius 1 is 1.23 bits per heavy atom. The Balaban J connectivity index is 2.23. The van der Waals surface area contributed by atoms with Crippen molar-refractivity contribution in [3.05, 3.63) is 41.1 Å². The Hall–Kier alpha value is -2.34. The number of aliphatic hydroxyl groups is 1. The number of hydrogen-bond donors (Lipinski definition) is 2. The number of anilines is 1. The van der Waals surface area contributed by atoms with Crippen molar-refractivity contribution in [2.24, 2.45) is 0 Å². The summed E-state index contributed by atoms with van der Waals surface area (Å²) in [6.45, 7) is 6.24. The molecule has 0 radical (unpaired) electrons. The van der Waals surface area contributed by atoms with E-state index in [9.17, 15) is 4.79 Å². The molecule has 2 aromatic rings. The molecule has 6 heteroatoms. The van der Waals surface area contributed by atoms with Crippen molar-refractivity contribution in [2.45, 2.75) is 20.8 Å². The van der Waals surface area contributed by atoms with Crippen LogP contribution in [0.25, 0.3) is 5.69 Å². The smallest absolute Gasteiger partial charge is 0.322 e. The van der Waals surface area contributed by atoms with E-state index in [2.05, 4.69) is 28.6 Å². The van der Waals surface area contributed by atoms with Crippen LogP contribution >= 0.6 is 0 Å². The molecule has 0 aliphatic heterocycles. The SMILES string of the molecule is Cc1cc(C)cc(-n2nc(NC(=O)N(C)CCO)cc2C)c1. The monoisotopic (exact) mass is 302 g/mol. The molecule has 0 unspecified atom stereocenters. The zero-order chi connectivity index (χ0) is 16.3. The van der Waals surface area contributed by atoms with Crippen molar-refractivity contribution >= 4 is 11.8 Å². The van der Waals surface area contributed by atoms with E-state index in [1.165, 1.54) is 4.90 Å². The molecule has 1 aromatic carbocycles. The number of nitrogens with zero attached hydrogens (tertiary/aromatic N) is 3. The number of rotatable bonds is 4. The van der Waals surface area contributed by atoms with Gasteiger partial charge in [0.25, 0.3) is 0 Å². The van der Waals surface area contributed by atoms with Gasteiger partial charge in [-0.3, -0.25) is 5.32 Å². The standard InChI is InChI=1S/C16H22N4O2/c1-11-7-12(2)9-14(8-11)20-13(3)10-15(18-20)17-16(22)19(4)5-6-21/h7-10,21H,5-6H2,1-4H3,(H,17,18,22). The van der Waals surface area contributed by atoms with Crippen LogP contribution in [0.15, 0.2) is 24.3 Å².